The van der Waals surface area contributed by atoms with E-state index in [0.29, 0.717) is 5.88 Å². The van der Waals surface area contributed by atoms with E-state index in [1.54, 1.807) is 0 Å². The van der Waals surface area contributed by atoms with Crippen LogP contribution in [0.4, 0.5) is 0 Å². The predicted molar refractivity (Wildman–Crippen MR) is 64.9 cm³/mol. The van der Waals surface area contributed by atoms with E-state index >= 15 is 0 Å². The number of aryl methyl sites for hydroxylation is 2. The van der Waals surface area contributed by atoms with Gasteiger partial charge in [-0.1, -0.05) is 0 Å². The Morgan fingerprint density at radius 2 is 1.94 bits per heavy atom. The van der Waals surface area contributed by atoms with Crippen LogP contribution in [0.2, 0.25) is 0 Å². The number of nitrogens with one attached hydrogen (secondary N) is 1. The van der Waals surface area contributed by atoms with Gasteiger partial charge in [0.2, 0.25) is 5.88 Å². The molecule has 0 saturated heterocycles. The van der Waals surface area contributed by atoms with Crippen molar-refractivity contribution in [3.8, 4) is 17.1 Å². The maximum absolute atomic E-state index is 5.45. The van der Waals surface area contributed by atoms with E-state index in [9.17, 15) is 0 Å². The van der Waals surface area contributed by atoms with Crippen molar-refractivity contribution in [1.82, 2.24) is 20.4 Å². The second kappa shape index (κ2) is 4.53. The molecule has 0 fully saturated rings. The van der Waals surface area contributed by atoms with Crippen LogP contribution in [0.5, 0.6) is 5.88 Å². The molecule has 5 nitrogen and oxygen atoms in total. The third kappa shape index (κ3) is 2.43. The van der Waals surface area contributed by atoms with Crippen molar-refractivity contribution < 1.29 is 4.74 Å². The SMILES string of the molecule is Cc1n[nH]c(C)c1-c1ccc(OC(C)C)nn1. The first-order chi connectivity index (χ1) is 8.08. The summed E-state index contributed by atoms with van der Waals surface area (Å²) < 4.78 is 5.45. The summed E-state index contributed by atoms with van der Waals surface area (Å²) in [6.07, 6.45) is 0.104. The highest BCUT2D eigenvalue weighted by atomic mass is 16.5. The van der Waals surface area contributed by atoms with Gasteiger partial charge >= 0.3 is 0 Å². The highest BCUT2D eigenvalue weighted by molar-refractivity contribution is 5.63. The van der Waals surface area contributed by atoms with Gasteiger partial charge in [-0.3, -0.25) is 5.10 Å². The number of hydrogen-bond acceptors (Lipinski definition) is 4. The third-order valence-electron chi connectivity index (χ3n) is 2.38. The molecule has 0 unspecified atom stereocenters. The van der Waals surface area contributed by atoms with E-state index in [1.165, 1.54) is 0 Å². The third-order valence-corrected chi connectivity index (χ3v) is 2.38. The van der Waals surface area contributed by atoms with Crippen molar-refractivity contribution in [3.63, 3.8) is 0 Å². The fraction of sp³-hybridized carbons (Fsp3) is 0.417. The van der Waals surface area contributed by atoms with E-state index in [0.717, 1.165) is 22.6 Å². The lowest BCUT2D eigenvalue weighted by Crippen LogP contribution is -2.07. The van der Waals surface area contributed by atoms with E-state index < -0.39 is 0 Å². The maximum Gasteiger partial charge on any atom is 0.233 e. The first-order valence-electron chi connectivity index (χ1n) is 5.60. The lowest BCUT2D eigenvalue weighted by molar-refractivity contribution is 0.230. The molecule has 5 heteroatoms. The maximum atomic E-state index is 5.45. The molecule has 1 N–H and O–H groups in total. The van der Waals surface area contributed by atoms with Crippen LogP contribution in [0.3, 0.4) is 0 Å². The molecule has 0 aliphatic rings. The summed E-state index contributed by atoms with van der Waals surface area (Å²) in [5.41, 5.74) is 3.74. The van der Waals surface area contributed by atoms with E-state index in [1.807, 2.05) is 39.8 Å². The van der Waals surface area contributed by atoms with Gasteiger partial charge < -0.3 is 4.74 Å². The molecule has 0 aliphatic heterocycles. The van der Waals surface area contributed by atoms with Crippen molar-refractivity contribution in [2.75, 3.05) is 0 Å². The quantitative estimate of drug-likeness (QED) is 0.881. The summed E-state index contributed by atoms with van der Waals surface area (Å²) >= 11 is 0. The summed E-state index contributed by atoms with van der Waals surface area (Å²) in [5, 5.41) is 15.3. The van der Waals surface area contributed by atoms with Crippen LogP contribution in [0.1, 0.15) is 25.2 Å². The van der Waals surface area contributed by atoms with E-state index in [-0.39, 0.29) is 6.10 Å². The Morgan fingerprint density at radius 3 is 2.41 bits per heavy atom. The number of hydrogen-bond donors (Lipinski definition) is 1. The second-order valence-electron chi connectivity index (χ2n) is 4.23. The Kier molecular flexibility index (Phi) is 3.08. The minimum atomic E-state index is 0.104. The number of aromatic nitrogens is 4. The molecule has 0 aliphatic carbocycles. The van der Waals surface area contributed by atoms with Gasteiger partial charge in [0.05, 0.1) is 17.5 Å². The van der Waals surface area contributed by atoms with Crippen LogP contribution in [0.25, 0.3) is 11.3 Å². The lowest BCUT2D eigenvalue weighted by Gasteiger charge is -2.07. The van der Waals surface area contributed by atoms with Gasteiger partial charge in [-0.15, -0.1) is 10.2 Å². The predicted octanol–water partition coefficient (Wildman–Crippen LogP) is 2.27. The minimum Gasteiger partial charge on any atom is -0.474 e. The standard InChI is InChI=1S/C12H16N4O/c1-7(2)17-11-6-5-10(15-16-11)12-8(3)13-14-9(12)4/h5-7H,1-4H3,(H,13,14). The second-order valence-corrected chi connectivity index (χ2v) is 4.23. The topological polar surface area (TPSA) is 63.7 Å². The van der Waals surface area contributed by atoms with Crippen molar-refractivity contribution in [2.45, 2.75) is 33.8 Å². The monoisotopic (exact) mass is 232 g/mol. The molecule has 2 heterocycles. The van der Waals surface area contributed by atoms with Crippen LogP contribution in [0, 0.1) is 13.8 Å². The van der Waals surface area contributed by atoms with Gasteiger partial charge in [0.1, 0.15) is 0 Å². The molecule has 0 radical (unpaired) electrons. The van der Waals surface area contributed by atoms with Crippen molar-refractivity contribution in [2.24, 2.45) is 0 Å². The zero-order valence-corrected chi connectivity index (χ0v) is 10.5. The van der Waals surface area contributed by atoms with E-state index in [4.69, 9.17) is 4.74 Å². The summed E-state index contributed by atoms with van der Waals surface area (Å²) in [4.78, 5) is 0. The normalized spacial score (nSPS) is 10.9. The Labute approximate surface area is 100 Å². The zero-order valence-electron chi connectivity index (χ0n) is 10.5. The Balaban J connectivity index is 2.30. The summed E-state index contributed by atoms with van der Waals surface area (Å²) in [7, 11) is 0. The fourth-order valence-electron chi connectivity index (χ4n) is 1.69. The van der Waals surface area contributed by atoms with Crippen molar-refractivity contribution in [1.29, 1.82) is 0 Å². The minimum absolute atomic E-state index is 0.104. The van der Waals surface area contributed by atoms with Gasteiger partial charge in [0.25, 0.3) is 0 Å². The first-order valence-corrected chi connectivity index (χ1v) is 5.60. The molecular weight excluding hydrogens is 216 g/mol. The first kappa shape index (κ1) is 11.6. The summed E-state index contributed by atoms with van der Waals surface area (Å²) in [6.45, 7) is 7.83. The number of nitrogens with zero attached hydrogens (tertiary/aromatic N) is 3. The Hall–Kier alpha value is -1.91. The molecular formula is C12H16N4O. The van der Waals surface area contributed by atoms with Gasteiger partial charge in [-0.05, 0) is 33.8 Å². The smallest absolute Gasteiger partial charge is 0.233 e. The lowest BCUT2D eigenvalue weighted by atomic mass is 10.1. The van der Waals surface area contributed by atoms with Gasteiger partial charge in [-0.2, -0.15) is 5.10 Å². The molecule has 90 valence electrons. The molecule has 2 aromatic heterocycles. The van der Waals surface area contributed by atoms with Gasteiger partial charge in [0, 0.05) is 17.3 Å². The molecule has 0 atom stereocenters. The average Bonchev–Trinajstić information content (AvgIpc) is 2.59. The molecule has 2 rings (SSSR count). The zero-order chi connectivity index (χ0) is 12.4. The van der Waals surface area contributed by atoms with Crippen molar-refractivity contribution in [3.05, 3.63) is 23.5 Å². The Bertz CT molecular complexity index is 482. The highest BCUT2D eigenvalue weighted by Crippen LogP contribution is 2.23. The number of rotatable bonds is 3. The highest BCUT2D eigenvalue weighted by Gasteiger charge is 2.11. The Morgan fingerprint density at radius 1 is 1.18 bits per heavy atom. The van der Waals surface area contributed by atoms with Crippen molar-refractivity contribution >= 4 is 0 Å². The largest absolute Gasteiger partial charge is 0.474 e. The molecule has 0 saturated carbocycles. The van der Waals surface area contributed by atoms with E-state index in [2.05, 4.69) is 20.4 Å². The molecule has 0 bridgehead atoms. The number of H-pyrrole nitrogens is 1. The molecule has 0 aromatic carbocycles. The van der Waals surface area contributed by atoms with Gasteiger partial charge in [-0.25, -0.2) is 0 Å². The van der Waals surface area contributed by atoms with Crippen LogP contribution in [-0.2, 0) is 0 Å². The van der Waals surface area contributed by atoms with Crippen LogP contribution < -0.4 is 4.74 Å². The number of aromatic amines is 1. The molecule has 2 aromatic rings. The molecule has 0 spiro atoms. The molecule has 17 heavy (non-hydrogen) atoms. The van der Waals surface area contributed by atoms with Gasteiger partial charge in [0.15, 0.2) is 0 Å². The van der Waals surface area contributed by atoms with Crippen LogP contribution in [0.15, 0.2) is 12.1 Å². The average molecular weight is 232 g/mol. The molecule has 0 amide bonds. The fourth-order valence-corrected chi connectivity index (χ4v) is 1.69. The van der Waals surface area contributed by atoms with Crippen LogP contribution in [-0.4, -0.2) is 26.5 Å². The van der Waals surface area contributed by atoms with Crippen LogP contribution >= 0.6 is 0 Å². The summed E-state index contributed by atoms with van der Waals surface area (Å²) in [5.74, 6) is 0.544. The number of ether oxygens (including phenoxy) is 1. The summed E-state index contributed by atoms with van der Waals surface area (Å²) in [6, 6.07) is 3.73.